The Bertz CT molecular complexity index is 761. The van der Waals surface area contributed by atoms with Gasteiger partial charge in [-0.2, -0.15) is 4.31 Å². The number of nitrogens with zero attached hydrogens (tertiary/aromatic N) is 1. The van der Waals surface area contributed by atoms with Crippen LogP contribution < -0.4 is 4.74 Å². The van der Waals surface area contributed by atoms with Gasteiger partial charge in [-0.05, 0) is 24.3 Å². The van der Waals surface area contributed by atoms with E-state index in [4.69, 9.17) is 4.74 Å². The van der Waals surface area contributed by atoms with Gasteiger partial charge in [-0.1, -0.05) is 40.2 Å². The first kappa shape index (κ1) is 14.6. The lowest BCUT2D eigenvalue weighted by Crippen LogP contribution is -2.32. The van der Waals surface area contributed by atoms with Crippen LogP contribution in [0.25, 0.3) is 0 Å². The zero-order valence-corrected chi connectivity index (χ0v) is 13.6. The normalized spacial score (nSPS) is 15.9. The maximum atomic E-state index is 12.8. The van der Waals surface area contributed by atoms with Crippen LogP contribution in [0.15, 0.2) is 57.9 Å². The van der Waals surface area contributed by atoms with Crippen molar-refractivity contribution in [3.63, 3.8) is 0 Å². The Morgan fingerprint density at radius 3 is 2.71 bits per heavy atom. The highest BCUT2D eigenvalue weighted by Gasteiger charge is 2.27. The molecule has 0 unspecified atom stereocenters. The Morgan fingerprint density at radius 2 is 1.90 bits per heavy atom. The van der Waals surface area contributed by atoms with Gasteiger partial charge in [0.05, 0.1) is 4.90 Å². The van der Waals surface area contributed by atoms with E-state index in [0.717, 1.165) is 15.8 Å². The average Bonchev–Trinajstić information content (AvgIpc) is 2.70. The molecule has 0 amide bonds. The molecule has 21 heavy (non-hydrogen) atoms. The Kier molecular flexibility index (Phi) is 4.01. The topological polar surface area (TPSA) is 46.6 Å². The van der Waals surface area contributed by atoms with Crippen LogP contribution in [-0.4, -0.2) is 25.9 Å². The number of rotatable bonds is 2. The number of benzene rings is 2. The van der Waals surface area contributed by atoms with Gasteiger partial charge >= 0.3 is 0 Å². The highest BCUT2D eigenvalue weighted by Crippen LogP contribution is 2.27. The minimum absolute atomic E-state index is 0.288. The molecule has 0 aromatic heterocycles. The van der Waals surface area contributed by atoms with Crippen LogP contribution >= 0.6 is 15.9 Å². The fraction of sp³-hybridized carbons (Fsp3) is 0.200. The fourth-order valence-electron chi connectivity index (χ4n) is 2.28. The fourth-order valence-corrected chi connectivity index (χ4v) is 4.28. The summed E-state index contributed by atoms with van der Waals surface area (Å²) in [5.41, 5.74) is 0.883. The van der Waals surface area contributed by atoms with E-state index < -0.39 is 10.0 Å². The number of para-hydroxylation sites is 1. The zero-order chi connectivity index (χ0) is 14.9. The van der Waals surface area contributed by atoms with Crippen molar-refractivity contribution in [3.05, 3.63) is 58.6 Å². The van der Waals surface area contributed by atoms with Gasteiger partial charge in [0.1, 0.15) is 12.4 Å². The summed E-state index contributed by atoms with van der Waals surface area (Å²) in [4.78, 5) is 0.288. The van der Waals surface area contributed by atoms with Gasteiger partial charge in [0.2, 0.25) is 10.0 Å². The lowest BCUT2D eigenvalue weighted by molar-refractivity contribution is 0.293. The first-order valence-electron chi connectivity index (χ1n) is 6.54. The summed E-state index contributed by atoms with van der Waals surface area (Å²) in [5.74, 6) is 0.754. The SMILES string of the molecule is O=S(=O)(c1cccc(Br)c1)N1CCOc2ccccc2C1. The van der Waals surface area contributed by atoms with Crippen LogP contribution in [0.5, 0.6) is 5.75 Å². The molecule has 2 aromatic carbocycles. The van der Waals surface area contributed by atoms with E-state index in [9.17, 15) is 8.42 Å². The highest BCUT2D eigenvalue weighted by atomic mass is 79.9. The van der Waals surface area contributed by atoms with Crippen molar-refractivity contribution in [2.24, 2.45) is 0 Å². The van der Waals surface area contributed by atoms with Gasteiger partial charge in [0.15, 0.2) is 0 Å². The summed E-state index contributed by atoms with van der Waals surface area (Å²) in [6, 6.07) is 14.3. The molecule has 6 heteroatoms. The van der Waals surface area contributed by atoms with Crippen molar-refractivity contribution in [2.45, 2.75) is 11.4 Å². The molecule has 1 aliphatic rings. The molecule has 3 rings (SSSR count). The molecule has 2 aromatic rings. The minimum atomic E-state index is -3.53. The highest BCUT2D eigenvalue weighted by molar-refractivity contribution is 9.10. The molecule has 0 N–H and O–H groups in total. The maximum absolute atomic E-state index is 12.8. The van der Waals surface area contributed by atoms with E-state index in [1.807, 2.05) is 24.3 Å². The summed E-state index contributed by atoms with van der Waals surface area (Å²) in [5, 5.41) is 0. The molecule has 4 nitrogen and oxygen atoms in total. The molecule has 110 valence electrons. The second-order valence-electron chi connectivity index (χ2n) is 4.75. The van der Waals surface area contributed by atoms with Crippen molar-refractivity contribution < 1.29 is 13.2 Å². The maximum Gasteiger partial charge on any atom is 0.243 e. The third-order valence-electron chi connectivity index (χ3n) is 3.35. The molecular formula is C15H14BrNO3S. The van der Waals surface area contributed by atoms with Gasteiger partial charge < -0.3 is 4.74 Å². The van der Waals surface area contributed by atoms with Gasteiger partial charge in [-0.3, -0.25) is 0 Å². The average molecular weight is 368 g/mol. The number of ether oxygens (including phenoxy) is 1. The van der Waals surface area contributed by atoms with E-state index in [2.05, 4.69) is 15.9 Å². The minimum Gasteiger partial charge on any atom is -0.492 e. The van der Waals surface area contributed by atoms with Gasteiger partial charge in [-0.15, -0.1) is 0 Å². The predicted molar refractivity (Wildman–Crippen MR) is 83.7 cm³/mol. The number of halogens is 1. The number of sulfonamides is 1. The first-order valence-corrected chi connectivity index (χ1v) is 8.77. The van der Waals surface area contributed by atoms with Gasteiger partial charge in [-0.25, -0.2) is 8.42 Å². The largest absolute Gasteiger partial charge is 0.492 e. The number of hydrogen-bond acceptors (Lipinski definition) is 3. The third kappa shape index (κ3) is 2.97. The Balaban J connectivity index is 1.96. The van der Waals surface area contributed by atoms with Crippen LogP contribution in [-0.2, 0) is 16.6 Å². The molecule has 0 bridgehead atoms. The summed E-state index contributed by atoms with van der Waals surface area (Å²) in [7, 11) is -3.53. The van der Waals surface area contributed by atoms with Crippen molar-refractivity contribution in [3.8, 4) is 5.75 Å². The summed E-state index contributed by atoms with van der Waals surface area (Å²) >= 11 is 3.31. The second-order valence-corrected chi connectivity index (χ2v) is 7.61. The van der Waals surface area contributed by atoms with E-state index in [1.54, 1.807) is 24.3 Å². The first-order chi connectivity index (χ1) is 10.1. The molecule has 0 atom stereocenters. The lowest BCUT2D eigenvalue weighted by Gasteiger charge is -2.19. The number of hydrogen-bond donors (Lipinski definition) is 0. The molecule has 1 heterocycles. The van der Waals surface area contributed by atoms with E-state index in [-0.39, 0.29) is 4.90 Å². The third-order valence-corrected chi connectivity index (χ3v) is 5.69. The number of fused-ring (bicyclic) bond motifs is 1. The quantitative estimate of drug-likeness (QED) is 0.819. The van der Waals surface area contributed by atoms with Crippen molar-refractivity contribution >= 4 is 26.0 Å². The van der Waals surface area contributed by atoms with E-state index in [0.29, 0.717) is 19.7 Å². The summed E-state index contributed by atoms with van der Waals surface area (Å²) in [6.45, 7) is 1.01. The molecule has 0 fully saturated rings. The summed E-state index contributed by atoms with van der Waals surface area (Å²) in [6.07, 6.45) is 0. The monoisotopic (exact) mass is 367 g/mol. The van der Waals surface area contributed by atoms with Gasteiger partial charge in [0, 0.05) is 23.1 Å². The molecule has 0 saturated carbocycles. The lowest BCUT2D eigenvalue weighted by atomic mass is 10.2. The van der Waals surface area contributed by atoms with Crippen molar-refractivity contribution in [1.82, 2.24) is 4.31 Å². The van der Waals surface area contributed by atoms with Crippen LogP contribution in [0.2, 0.25) is 0 Å². The molecular weight excluding hydrogens is 354 g/mol. The molecule has 0 saturated heterocycles. The van der Waals surface area contributed by atoms with E-state index in [1.165, 1.54) is 4.31 Å². The van der Waals surface area contributed by atoms with Crippen molar-refractivity contribution in [1.29, 1.82) is 0 Å². The Morgan fingerprint density at radius 1 is 1.10 bits per heavy atom. The van der Waals surface area contributed by atoms with Crippen LogP contribution in [0.1, 0.15) is 5.56 Å². The molecule has 0 aliphatic carbocycles. The van der Waals surface area contributed by atoms with E-state index >= 15 is 0 Å². The Labute approximate surface area is 132 Å². The standard InChI is InChI=1S/C15H14BrNO3S/c16-13-5-3-6-14(10-13)21(18,19)17-8-9-20-15-7-2-1-4-12(15)11-17/h1-7,10H,8-9,11H2. The zero-order valence-electron chi connectivity index (χ0n) is 11.2. The molecule has 1 aliphatic heterocycles. The predicted octanol–water partition coefficient (Wildman–Crippen LogP) is 3.03. The summed E-state index contributed by atoms with van der Waals surface area (Å²) < 4.78 is 33.3. The van der Waals surface area contributed by atoms with Crippen molar-refractivity contribution in [2.75, 3.05) is 13.2 Å². The van der Waals surface area contributed by atoms with Crippen LogP contribution in [0, 0.1) is 0 Å². The smallest absolute Gasteiger partial charge is 0.243 e. The molecule has 0 spiro atoms. The van der Waals surface area contributed by atoms with Crippen LogP contribution in [0.4, 0.5) is 0 Å². The Hall–Kier alpha value is -1.37. The molecule has 0 radical (unpaired) electrons. The van der Waals surface area contributed by atoms with Crippen LogP contribution in [0.3, 0.4) is 0 Å². The van der Waals surface area contributed by atoms with Gasteiger partial charge in [0.25, 0.3) is 0 Å². The second kappa shape index (κ2) is 5.79.